The predicted octanol–water partition coefficient (Wildman–Crippen LogP) is 2.42. The number of fused-ring (bicyclic) bond motifs is 1. The van der Waals surface area contributed by atoms with Gasteiger partial charge in [0.1, 0.15) is 0 Å². The van der Waals surface area contributed by atoms with Gasteiger partial charge in [-0.2, -0.15) is 0 Å². The zero-order valence-corrected chi connectivity index (χ0v) is 11.1. The van der Waals surface area contributed by atoms with Crippen LogP contribution in [0.2, 0.25) is 0 Å². The lowest BCUT2D eigenvalue weighted by Gasteiger charge is -2.32. The SMILES string of the molecule is CC(N)CCN1CCNc2cc(Br)ccc21. The summed E-state index contributed by atoms with van der Waals surface area (Å²) in [6.45, 7) is 5.16. The fourth-order valence-corrected chi connectivity index (χ4v) is 2.32. The Bertz CT molecular complexity index is 365. The third-order valence-electron chi connectivity index (χ3n) is 2.85. The van der Waals surface area contributed by atoms with E-state index < -0.39 is 0 Å². The molecule has 0 aliphatic carbocycles. The highest BCUT2D eigenvalue weighted by molar-refractivity contribution is 9.10. The zero-order chi connectivity index (χ0) is 11.5. The number of halogens is 1. The highest BCUT2D eigenvalue weighted by Crippen LogP contribution is 2.31. The van der Waals surface area contributed by atoms with Crippen molar-refractivity contribution in [1.29, 1.82) is 0 Å². The van der Waals surface area contributed by atoms with Gasteiger partial charge in [-0.3, -0.25) is 0 Å². The first kappa shape index (κ1) is 11.7. The smallest absolute Gasteiger partial charge is 0.0603 e. The van der Waals surface area contributed by atoms with E-state index in [0.717, 1.165) is 30.5 Å². The first-order chi connectivity index (χ1) is 7.66. The fraction of sp³-hybridized carbons (Fsp3) is 0.500. The molecule has 88 valence electrons. The molecule has 1 atom stereocenters. The summed E-state index contributed by atoms with van der Waals surface area (Å²) in [5.41, 5.74) is 8.30. The molecule has 1 unspecified atom stereocenters. The van der Waals surface area contributed by atoms with E-state index in [1.807, 2.05) is 0 Å². The largest absolute Gasteiger partial charge is 0.382 e. The fourth-order valence-electron chi connectivity index (χ4n) is 1.96. The topological polar surface area (TPSA) is 41.3 Å². The molecule has 1 aromatic rings. The molecule has 0 spiro atoms. The number of benzene rings is 1. The van der Waals surface area contributed by atoms with Crippen molar-refractivity contribution in [2.75, 3.05) is 29.9 Å². The summed E-state index contributed by atoms with van der Waals surface area (Å²) >= 11 is 3.49. The van der Waals surface area contributed by atoms with Crippen molar-refractivity contribution in [2.24, 2.45) is 5.73 Å². The molecule has 1 aromatic carbocycles. The zero-order valence-electron chi connectivity index (χ0n) is 9.54. The summed E-state index contributed by atoms with van der Waals surface area (Å²) in [5, 5.41) is 3.42. The first-order valence-electron chi connectivity index (χ1n) is 5.71. The van der Waals surface area contributed by atoms with Gasteiger partial charge in [0.05, 0.1) is 11.4 Å². The molecule has 0 radical (unpaired) electrons. The van der Waals surface area contributed by atoms with Crippen LogP contribution >= 0.6 is 15.9 Å². The molecular weight excluding hydrogens is 266 g/mol. The Labute approximate surface area is 105 Å². The minimum atomic E-state index is 0.272. The van der Waals surface area contributed by atoms with Gasteiger partial charge >= 0.3 is 0 Å². The third kappa shape index (κ3) is 2.68. The van der Waals surface area contributed by atoms with Gasteiger partial charge in [-0.1, -0.05) is 15.9 Å². The molecule has 0 amide bonds. The molecule has 3 N–H and O–H groups in total. The lowest BCUT2D eigenvalue weighted by atomic mass is 10.1. The first-order valence-corrected chi connectivity index (χ1v) is 6.50. The Kier molecular flexibility index (Phi) is 3.71. The molecular formula is C12H18BrN3. The molecule has 16 heavy (non-hydrogen) atoms. The van der Waals surface area contributed by atoms with Crippen LogP contribution in [-0.4, -0.2) is 25.7 Å². The van der Waals surface area contributed by atoms with Gasteiger partial charge < -0.3 is 16.0 Å². The summed E-state index contributed by atoms with van der Waals surface area (Å²) in [6, 6.07) is 6.65. The summed E-state index contributed by atoms with van der Waals surface area (Å²) < 4.78 is 1.12. The average Bonchev–Trinajstić information content (AvgIpc) is 2.25. The second-order valence-corrected chi connectivity index (χ2v) is 5.26. The number of hydrogen-bond acceptors (Lipinski definition) is 3. The van der Waals surface area contributed by atoms with Crippen LogP contribution in [0.4, 0.5) is 11.4 Å². The van der Waals surface area contributed by atoms with Crippen molar-refractivity contribution in [3.8, 4) is 0 Å². The number of hydrogen-bond donors (Lipinski definition) is 2. The van der Waals surface area contributed by atoms with E-state index in [-0.39, 0.29) is 6.04 Å². The van der Waals surface area contributed by atoms with Crippen LogP contribution in [0.1, 0.15) is 13.3 Å². The Morgan fingerprint density at radius 3 is 3.12 bits per heavy atom. The molecule has 0 saturated carbocycles. The van der Waals surface area contributed by atoms with Crippen LogP contribution in [0.25, 0.3) is 0 Å². The van der Waals surface area contributed by atoms with E-state index in [1.165, 1.54) is 11.4 Å². The quantitative estimate of drug-likeness (QED) is 0.895. The maximum absolute atomic E-state index is 5.80. The van der Waals surface area contributed by atoms with Crippen LogP contribution in [0, 0.1) is 0 Å². The van der Waals surface area contributed by atoms with Crippen LogP contribution in [-0.2, 0) is 0 Å². The van der Waals surface area contributed by atoms with Gasteiger partial charge in [-0.15, -0.1) is 0 Å². The minimum Gasteiger partial charge on any atom is -0.382 e. The Balaban J connectivity index is 2.13. The van der Waals surface area contributed by atoms with Gasteiger partial charge in [-0.05, 0) is 31.5 Å². The van der Waals surface area contributed by atoms with Crippen molar-refractivity contribution in [3.05, 3.63) is 22.7 Å². The maximum atomic E-state index is 5.80. The molecule has 0 bridgehead atoms. The average molecular weight is 284 g/mol. The lowest BCUT2D eigenvalue weighted by molar-refractivity contribution is 0.637. The van der Waals surface area contributed by atoms with E-state index in [1.54, 1.807) is 0 Å². The van der Waals surface area contributed by atoms with E-state index in [0.29, 0.717) is 0 Å². The van der Waals surface area contributed by atoms with Crippen molar-refractivity contribution in [1.82, 2.24) is 0 Å². The summed E-state index contributed by atoms with van der Waals surface area (Å²) in [5.74, 6) is 0. The van der Waals surface area contributed by atoms with Crippen molar-refractivity contribution in [3.63, 3.8) is 0 Å². The normalized spacial score (nSPS) is 16.6. The monoisotopic (exact) mass is 283 g/mol. The van der Waals surface area contributed by atoms with Crippen LogP contribution in [0.15, 0.2) is 22.7 Å². The second kappa shape index (κ2) is 5.06. The third-order valence-corrected chi connectivity index (χ3v) is 3.34. The number of nitrogens with zero attached hydrogens (tertiary/aromatic N) is 1. The number of anilines is 2. The van der Waals surface area contributed by atoms with E-state index in [4.69, 9.17) is 5.73 Å². The molecule has 1 aliphatic rings. The molecule has 1 heterocycles. The van der Waals surface area contributed by atoms with Crippen molar-refractivity contribution < 1.29 is 0 Å². The van der Waals surface area contributed by atoms with Gasteiger partial charge in [0.25, 0.3) is 0 Å². The van der Waals surface area contributed by atoms with E-state index in [2.05, 4.69) is 51.3 Å². The van der Waals surface area contributed by atoms with Gasteiger partial charge in [0.2, 0.25) is 0 Å². The van der Waals surface area contributed by atoms with Crippen LogP contribution < -0.4 is 16.0 Å². The molecule has 3 nitrogen and oxygen atoms in total. The lowest BCUT2D eigenvalue weighted by Crippen LogP contribution is -2.36. The van der Waals surface area contributed by atoms with Crippen LogP contribution in [0.5, 0.6) is 0 Å². The number of rotatable bonds is 3. The molecule has 4 heteroatoms. The van der Waals surface area contributed by atoms with Gasteiger partial charge in [0, 0.05) is 30.1 Å². The summed E-state index contributed by atoms with van der Waals surface area (Å²) in [6.07, 6.45) is 1.04. The Morgan fingerprint density at radius 2 is 2.38 bits per heavy atom. The second-order valence-electron chi connectivity index (χ2n) is 4.34. The summed E-state index contributed by atoms with van der Waals surface area (Å²) in [7, 11) is 0. The van der Waals surface area contributed by atoms with Crippen molar-refractivity contribution >= 4 is 27.3 Å². The number of nitrogens with two attached hydrogens (primary N) is 1. The maximum Gasteiger partial charge on any atom is 0.0603 e. The van der Waals surface area contributed by atoms with Crippen LogP contribution in [0.3, 0.4) is 0 Å². The molecule has 2 rings (SSSR count). The van der Waals surface area contributed by atoms with Crippen molar-refractivity contribution in [2.45, 2.75) is 19.4 Å². The Morgan fingerprint density at radius 1 is 1.56 bits per heavy atom. The standard InChI is InChI=1S/C12H18BrN3/c1-9(14)4-6-16-7-5-15-11-8-10(13)2-3-12(11)16/h2-3,8-9,15H,4-7,14H2,1H3. The highest BCUT2D eigenvalue weighted by atomic mass is 79.9. The highest BCUT2D eigenvalue weighted by Gasteiger charge is 2.16. The predicted molar refractivity (Wildman–Crippen MR) is 73.1 cm³/mol. The minimum absolute atomic E-state index is 0.272. The summed E-state index contributed by atoms with van der Waals surface area (Å²) in [4.78, 5) is 2.40. The van der Waals surface area contributed by atoms with E-state index >= 15 is 0 Å². The molecule has 0 saturated heterocycles. The molecule has 0 aromatic heterocycles. The molecule has 0 fully saturated rings. The number of nitrogens with one attached hydrogen (secondary N) is 1. The Hall–Kier alpha value is -0.740. The van der Waals surface area contributed by atoms with Gasteiger partial charge in [0.15, 0.2) is 0 Å². The van der Waals surface area contributed by atoms with Gasteiger partial charge in [-0.25, -0.2) is 0 Å². The van der Waals surface area contributed by atoms with E-state index in [9.17, 15) is 0 Å². The molecule has 1 aliphatic heterocycles.